The lowest BCUT2D eigenvalue weighted by Gasteiger charge is -2.40. The predicted molar refractivity (Wildman–Crippen MR) is 120 cm³/mol. The lowest BCUT2D eigenvalue weighted by molar-refractivity contribution is 0.197. The summed E-state index contributed by atoms with van der Waals surface area (Å²) in [5.74, 6) is 1.55. The first-order chi connectivity index (χ1) is 15.7. The Morgan fingerprint density at radius 3 is 2.38 bits per heavy atom. The number of tetrazole rings is 1. The van der Waals surface area contributed by atoms with E-state index < -0.39 is 0 Å². The van der Waals surface area contributed by atoms with Gasteiger partial charge in [0.2, 0.25) is 0 Å². The van der Waals surface area contributed by atoms with Gasteiger partial charge < -0.3 is 9.64 Å². The summed E-state index contributed by atoms with van der Waals surface area (Å²) in [6.45, 7) is 3.09. The molecule has 1 aliphatic heterocycles. The summed E-state index contributed by atoms with van der Waals surface area (Å²) in [5.41, 5.74) is 1.81. The number of hydrogen-bond acceptors (Lipinski definition) is 6. The van der Waals surface area contributed by atoms with Gasteiger partial charge in [0.25, 0.3) is 0 Å². The van der Waals surface area contributed by atoms with Crippen LogP contribution in [0.2, 0.25) is 0 Å². The van der Waals surface area contributed by atoms with Crippen molar-refractivity contribution >= 4 is 5.69 Å². The van der Waals surface area contributed by atoms with Crippen molar-refractivity contribution in [3.05, 3.63) is 65.7 Å². The maximum Gasteiger partial charge on any atom is 0.173 e. The number of anilines is 1. The van der Waals surface area contributed by atoms with Crippen LogP contribution in [0.5, 0.6) is 5.75 Å². The molecule has 1 saturated carbocycles. The van der Waals surface area contributed by atoms with Crippen molar-refractivity contribution in [2.75, 3.05) is 38.2 Å². The molecular formula is C24H29FN6O. The minimum absolute atomic E-state index is 0.0562. The molecule has 1 aliphatic carbocycles. The molecule has 1 saturated heterocycles. The Hall–Kier alpha value is -3.00. The molecule has 3 aromatic rings. The molecule has 2 heterocycles. The summed E-state index contributed by atoms with van der Waals surface area (Å²) in [6, 6.07) is 15.5. The fourth-order valence-corrected chi connectivity index (χ4v) is 5.03. The van der Waals surface area contributed by atoms with Gasteiger partial charge in [-0.05, 0) is 53.1 Å². The molecule has 168 valence electrons. The third-order valence-electron chi connectivity index (χ3n) is 6.74. The maximum absolute atomic E-state index is 14.3. The van der Waals surface area contributed by atoms with E-state index in [1.807, 2.05) is 28.9 Å². The van der Waals surface area contributed by atoms with E-state index in [9.17, 15) is 4.39 Å². The first kappa shape index (κ1) is 20.9. The third kappa shape index (κ3) is 4.07. The van der Waals surface area contributed by atoms with Crippen LogP contribution in [-0.2, 0) is 0 Å². The highest BCUT2D eigenvalue weighted by Crippen LogP contribution is 2.35. The van der Waals surface area contributed by atoms with Crippen molar-refractivity contribution in [3.8, 4) is 5.75 Å². The number of rotatable bonds is 6. The monoisotopic (exact) mass is 436 g/mol. The van der Waals surface area contributed by atoms with Gasteiger partial charge in [0.15, 0.2) is 5.82 Å². The Bertz CT molecular complexity index is 1020. The molecule has 7 nitrogen and oxygen atoms in total. The van der Waals surface area contributed by atoms with Crippen molar-refractivity contribution in [2.24, 2.45) is 0 Å². The summed E-state index contributed by atoms with van der Waals surface area (Å²) in [6.07, 6.45) is 4.68. The largest absolute Gasteiger partial charge is 0.497 e. The van der Waals surface area contributed by atoms with Gasteiger partial charge in [-0.2, -0.15) is 0 Å². The molecule has 0 amide bonds. The van der Waals surface area contributed by atoms with Crippen LogP contribution < -0.4 is 9.64 Å². The lowest BCUT2D eigenvalue weighted by atomic mass is 10.0. The number of halogens is 1. The summed E-state index contributed by atoms with van der Waals surface area (Å²) in [5, 5.41) is 13.0. The number of nitrogens with zero attached hydrogens (tertiary/aromatic N) is 6. The van der Waals surface area contributed by atoms with Crippen molar-refractivity contribution in [3.63, 3.8) is 0 Å². The molecule has 2 fully saturated rings. The molecule has 1 aromatic heterocycles. The quantitative estimate of drug-likeness (QED) is 0.585. The van der Waals surface area contributed by atoms with E-state index in [1.165, 1.54) is 18.9 Å². The summed E-state index contributed by atoms with van der Waals surface area (Å²) < 4.78 is 21.7. The molecule has 0 N–H and O–H groups in total. The summed E-state index contributed by atoms with van der Waals surface area (Å²) in [4.78, 5) is 4.53. The zero-order valence-electron chi connectivity index (χ0n) is 18.4. The van der Waals surface area contributed by atoms with Crippen molar-refractivity contribution in [1.29, 1.82) is 0 Å². The molecule has 2 aliphatic rings. The van der Waals surface area contributed by atoms with E-state index in [2.05, 4.69) is 37.5 Å². The Morgan fingerprint density at radius 1 is 0.969 bits per heavy atom. The second kappa shape index (κ2) is 9.24. The average Bonchev–Trinajstić information content (AvgIpc) is 3.53. The fraction of sp³-hybridized carbons (Fsp3) is 0.458. The Kier molecular flexibility index (Phi) is 6.03. The van der Waals surface area contributed by atoms with E-state index in [1.54, 1.807) is 13.2 Å². The summed E-state index contributed by atoms with van der Waals surface area (Å²) >= 11 is 0. The van der Waals surface area contributed by atoms with Crippen LogP contribution in [-0.4, -0.2) is 58.4 Å². The van der Waals surface area contributed by atoms with Gasteiger partial charge in [-0.25, -0.2) is 9.07 Å². The van der Waals surface area contributed by atoms with E-state index in [0.29, 0.717) is 11.7 Å². The van der Waals surface area contributed by atoms with Crippen LogP contribution in [0.3, 0.4) is 0 Å². The zero-order valence-corrected chi connectivity index (χ0v) is 18.4. The highest BCUT2D eigenvalue weighted by molar-refractivity contribution is 5.48. The number of para-hydroxylation sites is 1. The van der Waals surface area contributed by atoms with Crippen molar-refractivity contribution < 1.29 is 9.13 Å². The van der Waals surface area contributed by atoms with Gasteiger partial charge in [-0.3, -0.25) is 4.90 Å². The second-order valence-electron chi connectivity index (χ2n) is 8.57. The van der Waals surface area contributed by atoms with Crippen LogP contribution >= 0.6 is 0 Å². The van der Waals surface area contributed by atoms with Gasteiger partial charge in [0, 0.05) is 26.2 Å². The second-order valence-corrected chi connectivity index (χ2v) is 8.57. The molecular weight excluding hydrogens is 407 g/mol. The van der Waals surface area contributed by atoms with Gasteiger partial charge in [-0.1, -0.05) is 37.1 Å². The predicted octanol–water partition coefficient (Wildman–Crippen LogP) is 3.85. The number of hydrogen-bond donors (Lipinski definition) is 0. The number of piperazine rings is 1. The molecule has 2 aromatic carbocycles. The van der Waals surface area contributed by atoms with E-state index in [4.69, 9.17) is 4.74 Å². The maximum atomic E-state index is 14.3. The zero-order chi connectivity index (χ0) is 21.9. The molecule has 0 bridgehead atoms. The number of methoxy groups -OCH3 is 1. The molecule has 32 heavy (non-hydrogen) atoms. The highest BCUT2D eigenvalue weighted by Gasteiger charge is 2.33. The third-order valence-corrected chi connectivity index (χ3v) is 6.74. The molecule has 0 unspecified atom stereocenters. The molecule has 0 radical (unpaired) electrons. The number of ether oxygens (including phenoxy) is 1. The van der Waals surface area contributed by atoms with Crippen molar-refractivity contribution in [1.82, 2.24) is 25.1 Å². The van der Waals surface area contributed by atoms with E-state index in [-0.39, 0.29) is 11.9 Å². The molecule has 5 rings (SSSR count). The van der Waals surface area contributed by atoms with E-state index >= 15 is 0 Å². The summed E-state index contributed by atoms with van der Waals surface area (Å²) in [7, 11) is 1.68. The average molecular weight is 437 g/mol. The van der Waals surface area contributed by atoms with Gasteiger partial charge in [0.05, 0.1) is 24.9 Å². The number of benzene rings is 2. The minimum atomic E-state index is -0.169. The highest BCUT2D eigenvalue weighted by atomic mass is 19.1. The van der Waals surface area contributed by atoms with Gasteiger partial charge >= 0.3 is 0 Å². The van der Waals surface area contributed by atoms with Gasteiger partial charge in [0.1, 0.15) is 11.6 Å². The Labute approximate surface area is 187 Å². The van der Waals surface area contributed by atoms with Gasteiger partial charge in [-0.15, -0.1) is 5.10 Å². The molecule has 1 atom stereocenters. The van der Waals surface area contributed by atoms with Crippen LogP contribution in [0, 0.1) is 5.82 Å². The van der Waals surface area contributed by atoms with Crippen LogP contribution in [0.15, 0.2) is 48.5 Å². The first-order valence-corrected chi connectivity index (χ1v) is 11.4. The topological polar surface area (TPSA) is 59.3 Å². The SMILES string of the molecule is COc1ccc([C@@H](c2nnnn2C2CCCC2)N2CCN(c3ccccc3F)CC2)cc1. The van der Waals surface area contributed by atoms with Crippen LogP contribution in [0.4, 0.5) is 10.1 Å². The van der Waals surface area contributed by atoms with Crippen molar-refractivity contribution in [2.45, 2.75) is 37.8 Å². The number of aromatic nitrogens is 4. The normalized spacial score (nSPS) is 18.8. The van der Waals surface area contributed by atoms with Crippen LogP contribution in [0.1, 0.15) is 49.2 Å². The standard InChI is InChI=1S/C24H29FN6O/c1-32-20-12-10-18(11-13-20)23(24-26-27-28-31(24)19-6-2-3-7-19)30-16-14-29(15-17-30)22-9-5-4-8-21(22)25/h4-5,8-13,19,23H,2-3,6-7,14-17H2,1H3/t23-/m0/s1. The Balaban J connectivity index is 1.43. The Morgan fingerprint density at radius 2 is 1.69 bits per heavy atom. The molecule has 8 heteroatoms. The van der Waals surface area contributed by atoms with E-state index in [0.717, 1.165) is 56.2 Å². The molecule has 0 spiro atoms. The fourth-order valence-electron chi connectivity index (χ4n) is 5.03. The smallest absolute Gasteiger partial charge is 0.173 e. The lowest BCUT2D eigenvalue weighted by Crippen LogP contribution is -2.48. The minimum Gasteiger partial charge on any atom is -0.497 e. The van der Waals surface area contributed by atoms with Crippen LogP contribution in [0.25, 0.3) is 0 Å². The first-order valence-electron chi connectivity index (χ1n) is 11.4.